The normalized spacial score (nSPS) is 30.9. The van der Waals surface area contributed by atoms with Crippen LogP contribution in [0.5, 0.6) is 0 Å². The molecule has 0 amide bonds. The van der Waals surface area contributed by atoms with Crippen LogP contribution in [0.3, 0.4) is 0 Å². The molecule has 0 aromatic carbocycles. The van der Waals surface area contributed by atoms with Crippen molar-refractivity contribution in [2.24, 2.45) is 0 Å². The van der Waals surface area contributed by atoms with E-state index >= 15 is 0 Å². The topological polar surface area (TPSA) is 171 Å². The first-order chi connectivity index (χ1) is 10.0. The number of hydrogen-bond donors (Lipinski definition) is 6. The summed E-state index contributed by atoms with van der Waals surface area (Å²) in [6.45, 7) is -0.609. The summed E-state index contributed by atoms with van der Waals surface area (Å²) < 4.78 is 5.38. The Labute approximate surface area is 118 Å². The number of ether oxygens (including phenoxy) is 1. The van der Waals surface area contributed by atoms with Gasteiger partial charge in [0.05, 0.1) is 12.9 Å². The van der Waals surface area contributed by atoms with Crippen molar-refractivity contribution in [3.63, 3.8) is 0 Å². The van der Waals surface area contributed by atoms with Crippen molar-refractivity contribution in [1.29, 1.82) is 0 Å². The summed E-state index contributed by atoms with van der Waals surface area (Å²) in [7, 11) is 0. The van der Waals surface area contributed by atoms with E-state index in [1.807, 2.05) is 0 Å². The number of rotatable bonds is 3. The molecule has 0 aliphatic carbocycles. The summed E-state index contributed by atoms with van der Waals surface area (Å²) in [6, 6.07) is 0. The first-order valence-electron chi connectivity index (χ1n) is 6.30. The van der Waals surface area contributed by atoms with Gasteiger partial charge in [0, 0.05) is 0 Å². The minimum atomic E-state index is -1.38. The zero-order chi connectivity index (χ0) is 15.1. The van der Waals surface area contributed by atoms with E-state index in [0.29, 0.717) is 11.2 Å². The first kappa shape index (κ1) is 14.1. The summed E-state index contributed by atoms with van der Waals surface area (Å²) >= 11 is 0. The third kappa shape index (κ3) is 2.22. The van der Waals surface area contributed by atoms with E-state index in [9.17, 15) is 15.3 Å². The minimum absolute atomic E-state index is 0.0475. The van der Waals surface area contributed by atoms with Crippen LogP contribution in [-0.2, 0) is 4.74 Å². The number of H-pyrrole nitrogens is 1. The fourth-order valence-electron chi connectivity index (χ4n) is 2.34. The van der Waals surface area contributed by atoms with Crippen LogP contribution >= 0.6 is 0 Å². The minimum Gasteiger partial charge on any atom is -0.394 e. The van der Waals surface area contributed by atoms with Crippen LogP contribution in [0.1, 0.15) is 11.9 Å². The molecular formula is C11H15N5O5. The van der Waals surface area contributed by atoms with Crippen molar-refractivity contribution in [3.8, 4) is 0 Å². The van der Waals surface area contributed by atoms with Crippen molar-refractivity contribution in [1.82, 2.24) is 19.9 Å². The maximum atomic E-state index is 10.0. The van der Waals surface area contributed by atoms with Gasteiger partial charge in [0.25, 0.3) is 0 Å². The molecule has 114 valence electrons. The lowest BCUT2D eigenvalue weighted by atomic mass is 10.0. The molecule has 2 aromatic heterocycles. The van der Waals surface area contributed by atoms with Gasteiger partial charge in [-0.2, -0.15) is 0 Å². The zero-order valence-electron chi connectivity index (χ0n) is 10.8. The zero-order valence-corrected chi connectivity index (χ0v) is 10.8. The second-order valence-corrected chi connectivity index (χ2v) is 4.82. The highest BCUT2D eigenvalue weighted by molar-refractivity contribution is 5.80. The average molecular weight is 297 g/mol. The van der Waals surface area contributed by atoms with E-state index in [1.54, 1.807) is 0 Å². The Morgan fingerprint density at radius 3 is 2.81 bits per heavy atom. The van der Waals surface area contributed by atoms with Crippen LogP contribution in [-0.4, -0.2) is 71.4 Å². The Morgan fingerprint density at radius 2 is 2.10 bits per heavy atom. The van der Waals surface area contributed by atoms with Crippen LogP contribution in [0.25, 0.3) is 11.2 Å². The van der Waals surface area contributed by atoms with E-state index in [4.69, 9.17) is 15.6 Å². The molecule has 3 rings (SSSR count). The van der Waals surface area contributed by atoms with Gasteiger partial charge in [-0.15, -0.1) is 0 Å². The number of nitrogen functional groups attached to an aromatic ring is 1. The number of aromatic amines is 1. The third-order valence-corrected chi connectivity index (χ3v) is 3.45. The molecule has 1 aliphatic heterocycles. The Kier molecular flexibility index (Phi) is 3.47. The monoisotopic (exact) mass is 297 g/mol. The Bertz CT molecular complexity index is 649. The Morgan fingerprint density at radius 1 is 1.33 bits per heavy atom. The lowest BCUT2D eigenvalue weighted by Crippen LogP contribution is -2.40. The fraction of sp³-hybridized carbons (Fsp3) is 0.545. The molecule has 0 radical (unpaired) electrons. The van der Waals surface area contributed by atoms with E-state index in [1.165, 1.54) is 6.33 Å². The molecule has 0 bridgehead atoms. The fourth-order valence-corrected chi connectivity index (χ4v) is 2.34. The molecule has 2 aromatic rings. The van der Waals surface area contributed by atoms with Gasteiger partial charge in [-0.05, 0) is 0 Å². The number of nitrogens with one attached hydrogen (secondary N) is 1. The number of anilines is 1. The second kappa shape index (κ2) is 5.16. The molecule has 0 spiro atoms. The van der Waals surface area contributed by atoms with Crippen LogP contribution in [0.4, 0.5) is 5.82 Å². The number of hydrogen-bond acceptors (Lipinski definition) is 9. The van der Waals surface area contributed by atoms with E-state index in [-0.39, 0.29) is 11.6 Å². The van der Waals surface area contributed by atoms with Gasteiger partial charge >= 0.3 is 0 Å². The number of aliphatic hydroxyl groups excluding tert-OH is 4. The van der Waals surface area contributed by atoms with E-state index < -0.39 is 37.1 Å². The largest absolute Gasteiger partial charge is 0.394 e. The molecule has 10 heteroatoms. The summed E-state index contributed by atoms with van der Waals surface area (Å²) in [6.07, 6.45) is -4.88. The number of aromatic nitrogens is 4. The van der Waals surface area contributed by atoms with Crippen molar-refractivity contribution in [2.45, 2.75) is 30.5 Å². The van der Waals surface area contributed by atoms with Crippen LogP contribution < -0.4 is 5.73 Å². The van der Waals surface area contributed by atoms with Gasteiger partial charge in [0.2, 0.25) is 0 Å². The number of nitrogens with two attached hydrogens (primary N) is 1. The maximum Gasteiger partial charge on any atom is 0.183 e. The smallest absolute Gasteiger partial charge is 0.183 e. The van der Waals surface area contributed by atoms with Crippen LogP contribution in [0.15, 0.2) is 6.33 Å². The number of aliphatic hydroxyl groups is 4. The van der Waals surface area contributed by atoms with Crippen molar-refractivity contribution in [3.05, 3.63) is 12.2 Å². The summed E-state index contributed by atoms with van der Waals surface area (Å²) in [4.78, 5) is 14.8. The summed E-state index contributed by atoms with van der Waals surface area (Å²) in [5.74, 6) is 0.176. The molecular weight excluding hydrogens is 282 g/mol. The standard InChI is InChI=1S/C11H15N5O5/c12-9-4-10(14-2-13-4)16-11(15-9)8-6(20)5(19)7(21-8)3(18)1-17/h2-3,5-8,17-20H,1H2,(H3,12,13,14,15,16)/t3-,5+,6+,7+,8?/m0/s1. The molecule has 1 aliphatic rings. The average Bonchev–Trinajstić information content (AvgIpc) is 3.05. The molecule has 0 saturated carbocycles. The van der Waals surface area contributed by atoms with Crippen molar-refractivity contribution >= 4 is 17.0 Å². The van der Waals surface area contributed by atoms with Crippen LogP contribution in [0.2, 0.25) is 0 Å². The molecule has 5 atom stereocenters. The second-order valence-electron chi connectivity index (χ2n) is 4.82. The van der Waals surface area contributed by atoms with Gasteiger partial charge in [-0.1, -0.05) is 0 Å². The maximum absolute atomic E-state index is 10.0. The van der Waals surface area contributed by atoms with E-state index in [2.05, 4.69) is 19.9 Å². The Hall–Kier alpha value is -1.85. The molecule has 21 heavy (non-hydrogen) atoms. The first-order valence-corrected chi connectivity index (χ1v) is 6.30. The number of nitrogens with zero attached hydrogens (tertiary/aromatic N) is 3. The van der Waals surface area contributed by atoms with Crippen LogP contribution in [0, 0.1) is 0 Å². The Balaban J connectivity index is 1.95. The summed E-state index contributed by atoms with van der Waals surface area (Å²) in [5, 5.41) is 38.4. The number of imidazole rings is 1. The predicted octanol–water partition coefficient (Wildman–Crippen LogP) is -2.55. The molecule has 1 unspecified atom stereocenters. The predicted molar refractivity (Wildman–Crippen MR) is 68.8 cm³/mol. The lowest BCUT2D eigenvalue weighted by molar-refractivity contribution is -0.0832. The molecule has 7 N–H and O–H groups in total. The lowest BCUT2D eigenvalue weighted by Gasteiger charge is -2.18. The highest BCUT2D eigenvalue weighted by Gasteiger charge is 2.47. The summed E-state index contributed by atoms with van der Waals surface area (Å²) in [5.41, 5.74) is 6.52. The third-order valence-electron chi connectivity index (χ3n) is 3.45. The molecule has 1 saturated heterocycles. The van der Waals surface area contributed by atoms with Crippen molar-refractivity contribution in [2.75, 3.05) is 12.3 Å². The molecule has 10 nitrogen and oxygen atoms in total. The molecule has 3 heterocycles. The van der Waals surface area contributed by atoms with Gasteiger partial charge in [0.1, 0.15) is 36.0 Å². The highest BCUT2D eigenvalue weighted by Crippen LogP contribution is 2.34. The van der Waals surface area contributed by atoms with E-state index in [0.717, 1.165) is 0 Å². The molecule has 1 fully saturated rings. The quantitative estimate of drug-likeness (QED) is 0.357. The SMILES string of the molecule is Nc1nc(C2O[C@H]([C@@H](O)CO)[C@H](O)[C@H]2O)nc2nc[nH]c12. The highest BCUT2D eigenvalue weighted by atomic mass is 16.6. The van der Waals surface area contributed by atoms with Gasteiger partial charge in [0.15, 0.2) is 17.3 Å². The van der Waals surface area contributed by atoms with Crippen molar-refractivity contribution < 1.29 is 25.2 Å². The van der Waals surface area contributed by atoms with Gasteiger partial charge < -0.3 is 35.9 Å². The van der Waals surface area contributed by atoms with Gasteiger partial charge in [-0.25, -0.2) is 15.0 Å². The van der Waals surface area contributed by atoms with Gasteiger partial charge in [-0.3, -0.25) is 0 Å². The number of fused-ring (bicyclic) bond motifs is 1.